The van der Waals surface area contributed by atoms with E-state index in [1.807, 2.05) is 24.3 Å². The molecule has 1 heterocycles. The molecule has 0 aromatic heterocycles. The molecule has 2 unspecified atom stereocenters. The molecule has 1 aliphatic heterocycles. The quantitative estimate of drug-likeness (QED) is 0.793. The third-order valence-corrected chi connectivity index (χ3v) is 3.02. The molecule has 1 saturated heterocycles. The maximum Gasteiger partial charge on any atom is 0.309 e. The van der Waals surface area contributed by atoms with Crippen LogP contribution < -0.4 is 10.1 Å². The first-order valence-corrected chi connectivity index (χ1v) is 5.30. The topological polar surface area (TPSA) is 58.6 Å². The summed E-state index contributed by atoms with van der Waals surface area (Å²) in [6.45, 7) is 0.580. The molecule has 1 fully saturated rings. The van der Waals surface area contributed by atoms with Crippen molar-refractivity contribution < 1.29 is 14.6 Å². The molecular weight excluding hydrogens is 206 g/mol. The second kappa shape index (κ2) is 4.53. The van der Waals surface area contributed by atoms with Gasteiger partial charge in [0.15, 0.2) is 0 Å². The van der Waals surface area contributed by atoms with Gasteiger partial charge < -0.3 is 15.2 Å². The summed E-state index contributed by atoms with van der Waals surface area (Å²) >= 11 is 0. The van der Waals surface area contributed by atoms with Crippen molar-refractivity contribution in [2.45, 2.75) is 12.5 Å². The van der Waals surface area contributed by atoms with Crippen LogP contribution in [0.1, 0.15) is 5.56 Å². The van der Waals surface area contributed by atoms with Crippen molar-refractivity contribution in [2.75, 3.05) is 13.7 Å². The molecule has 0 spiro atoms. The van der Waals surface area contributed by atoms with Gasteiger partial charge in [-0.25, -0.2) is 0 Å². The summed E-state index contributed by atoms with van der Waals surface area (Å²) in [5.41, 5.74) is 1.13. The highest BCUT2D eigenvalue weighted by Crippen LogP contribution is 2.19. The molecule has 2 rings (SSSR count). The van der Waals surface area contributed by atoms with Crippen LogP contribution in [0.15, 0.2) is 24.3 Å². The molecule has 86 valence electrons. The van der Waals surface area contributed by atoms with Crippen molar-refractivity contribution in [3.05, 3.63) is 29.8 Å². The molecule has 2 N–H and O–H groups in total. The van der Waals surface area contributed by atoms with Gasteiger partial charge in [0.2, 0.25) is 0 Å². The number of methoxy groups -OCH3 is 1. The Balaban J connectivity index is 1.96. The Labute approximate surface area is 94.2 Å². The highest BCUT2D eigenvalue weighted by molar-refractivity contribution is 5.72. The number of benzene rings is 1. The minimum Gasteiger partial charge on any atom is -0.497 e. The number of rotatable bonds is 4. The molecule has 1 aliphatic rings. The molecule has 0 bridgehead atoms. The molecule has 1 aromatic rings. The smallest absolute Gasteiger partial charge is 0.309 e. The van der Waals surface area contributed by atoms with Crippen molar-refractivity contribution in [1.82, 2.24) is 5.32 Å². The maximum atomic E-state index is 10.8. The zero-order valence-corrected chi connectivity index (χ0v) is 9.14. The fourth-order valence-electron chi connectivity index (χ4n) is 1.89. The van der Waals surface area contributed by atoms with Crippen LogP contribution in [0, 0.1) is 5.92 Å². The van der Waals surface area contributed by atoms with E-state index in [9.17, 15) is 4.79 Å². The number of hydrogen-bond donors (Lipinski definition) is 2. The minimum absolute atomic E-state index is 0.0610. The monoisotopic (exact) mass is 221 g/mol. The normalized spacial score (nSPS) is 23.6. The van der Waals surface area contributed by atoms with Gasteiger partial charge in [0, 0.05) is 12.6 Å². The van der Waals surface area contributed by atoms with Crippen LogP contribution >= 0.6 is 0 Å². The molecule has 16 heavy (non-hydrogen) atoms. The van der Waals surface area contributed by atoms with Gasteiger partial charge in [0.05, 0.1) is 13.0 Å². The van der Waals surface area contributed by atoms with E-state index >= 15 is 0 Å². The fourth-order valence-corrected chi connectivity index (χ4v) is 1.89. The lowest BCUT2D eigenvalue weighted by molar-refractivity contribution is -0.145. The van der Waals surface area contributed by atoms with Crippen LogP contribution in [0.3, 0.4) is 0 Å². The molecule has 1 aromatic carbocycles. The second-order valence-electron chi connectivity index (χ2n) is 4.01. The molecule has 2 atom stereocenters. The van der Waals surface area contributed by atoms with Crippen molar-refractivity contribution in [1.29, 1.82) is 0 Å². The van der Waals surface area contributed by atoms with Gasteiger partial charge in [-0.1, -0.05) is 12.1 Å². The van der Waals surface area contributed by atoms with E-state index in [0.29, 0.717) is 6.54 Å². The molecule has 0 aliphatic carbocycles. The van der Waals surface area contributed by atoms with Gasteiger partial charge in [0.25, 0.3) is 0 Å². The van der Waals surface area contributed by atoms with Crippen LogP contribution in [0.4, 0.5) is 0 Å². The predicted molar refractivity (Wildman–Crippen MR) is 59.6 cm³/mol. The molecule has 4 heteroatoms. The Kier molecular flexibility index (Phi) is 3.10. The third-order valence-electron chi connectivity index (χ3n) is 3.02. The molecule has 0 radical (unpaired) electrons. The van der Waals surface area contributed by atoms with E-state index in [0.717, 1.165) is 17.7 Å². The highest BCUT2D eigenvalue weighted by Gasteiger charge is 2.35. The van der Waals surface area contributed by atoms with Crippen molar-refractivity contribution in [2.24, 2.45) is 5.92 Å². The average Bonchev–Trinajstić information content (AvgIpc) is 2.24. The summed E-state index contributed by atoms with van der Waals surface area (Å²) < 4.78 is 5.06. The summed E-state index contributed by atoms with van der Waals surface area (Å²) in [5, 5.41) is 12.0. The number of hydrogen-bond acceptors (Lipinski definition) is 3. The van der Waals surface area contributed by atoms with Crippen molar-refractivity contribution in [3.63, 3.8) is 0 Å². The molecule has 0 saturated carbocycles. The first kappa shape index (κ1) is 11.0. The number of carboxylic acids is 1. The summed E-state index contributed by atoms with van der Waals surface area (Å²) in [4.78, 5) is 10.8. The standard InChI is InChI=1S/C12H15NO3/c1-16-9-4-2-8(3-5-9)6-11-10(7-13-11)12(14)15/h2-5,10-11,13H,6-7H2,1H3,(H,14,15). The molecule has 0 amide bonds. The summed E-state index contributed by atoms with van der Waals surface area (Å²) in [5.74, 6) is -0.139. The van der Waals surface area contributed by atoms with E-state index < -0.39 is 5.97 Å². The van der Waals surface area contributed by atoms with E-state index in [1.54, 1.807) is 7.11 Å². The first-order valence-electron chi connectivity index (χ1n) is 5.30. The van der Waals surface area contributed by atoms with Crippen LogP contribution in [-0.2, 0) is 11.2 Å². The summed E-state index contributed by atoms with van der Waals surface area (Å²) in [6.07, 6.45) is 0.751. The number of nitrogens with one attached hydrogen (secondary N) is 1. The second-order valence-corrected chi connectivity index (χ2v) is 4.01. The predicted octanol–water partition coefficient (Wildman–Crippen LogP) is 0.910. The van der Waals surface area contributed by atoms with Gasteiger partial charge in [-0.15, -0.1) is 0 Å². The minimum atomic E-state index is -0.711. The van der Waals surface area contributed by atoms with Crippen LogP contribution in [0.25, 0.3) is 0 Å². The maximum absolute atomic E-state index is 10.8. The molecular formula is C12H15NO3. The van der Waals surface area contributed by atoms with E-state index in [4.69, 9.17) is 9.84 Å². The van der Waals surface area contributed by atoms with Crippen LogP contribution in [-0.4, -0.2) is 30.8 Å². The largest absolute Gasteiger partial charge is 0.497 e. The van der Waals surface area contributed by atoms with E-state index in [2.05, 4.69) is 5.32 Å². The van der Waals surface area contributed by atoms with Gasteiger partial charge in [0.1, 0.15) is 5.75 Å². The van der Waals surface area contributed by atoms with E-state index in [1.165, 1.54) is 0 Å². The lowest BCUT2D eigenvalue weighted by Crippen LogP contribution is -2.57. The number of ether oxygens (including phenoxy) is 1. The zero-order chi connectivity index (χ0) is 11.5. The van der Waals surface area contributed by atoms with Gasteiger partial charge in [-0.2, -0.15) is 0 Å². The Bertz CT molecular complexity index is 374. The summed E-state index contributed by atoms with van der Waals surface area (Å²) in [7, 11) is 1.63. The van der Waals surface area contributed by atoms with Crippen molar-refractivity contribution in [3.8, 4) is 5.75 Å². The average molecular weight is 221 g/mol. The molecule has 4 nitrogen and oxygen atoms in total. The number of aliphatic carboxylic acids is 1. The number of carbonyl (C=O) groups is 1. The van der Waals surface area contributed by atoms with Crippen LogP contribution in [0.2, 0.25) is 0 Å². The third kappa shape index (κ3) is 2.17. The lowest BCUT2D eigenvalue weighted by Gasteiger charge is -2.35. The number of carboxylic acid groups (broad SMARTS) is 1. The highest BCUT2D eigenvalue weighted by atomic mass is 16.5. The Hall–Kier alpha value is -1.55. The van der Waals surface area contributed by atoms with Crippen molar-refractivity contribution >= 4 is 5.97 Å². The Morgan fingerprint density at radius 1 is 1.50 bits per heavy atom. The lowest BCUT2D eigenvalue weighted by atomic mass is 9.87. The first-order chi connectivity index (χ1) is 7.70. The van der Waals surface area contributed by atoms with Gasteiger partial charge >= 0.3 is 5.97 Å². The summed E-state index contributed by atoms with van der Waals surface area (Å²) in [6, 6.07) is 7.79. The Morgan fingerprint density at radius 2 is 2.19 bits per heavy atom. The van der Waals surface area contributed by atoms with E-state index in [-0.39, 0.29) is 12.0 Å². The SMILES string of the molecule is COc1ccc(CC2NCC2C(=O)O)cc1. The fraction of sp³-hybridized carbons (Fsp3) is 0.417. The zero-order valence-electron chi connectivity index (χ0n) is 9.14. The van der Waals surface area contributed by atoms with Gasteiger partial charge in [-0.3, -0.25) is 4.79 Å². The van der Waals surface area contributed by atoms with Crippen LogP contribution in [0.5, 0.6) is 5.75 Å². The Morgan fingerprint density at radius 3 is 2.62 bits per heavy atom. The van der Waals surface area contributed by atoms with Gasteiger partial charge in [-0.05, 0) is 24.1 Å².